The van der Waals surface area contributed by atoms with Gasteiger partial charge in [-0.3, -0.25) is 0 Å². The third-order valence-corrected chi connectivity index (χ3v) is 11.1. The van der Waals surface area contributed by atoms with Crippen LogP contribution in [-0.4, -0.2) is 50.8 Å². The van der Waals surface area contributed by atoms with Crippen LogP contribution in [0.25, 0.3) is 10.9 Å². The van der Waals surface area contributed by atoms with Gasteiger partial charge in [0, 0.05) is 48.5 Å². The van der Waals surface area contributed by atoms with Crippen LogP contribution in [0.5, 0.6) is 5.75 Å². The van der Waals surface area contributed by atoms with Gasteiger partial charge >= 0.3 is 0 Å². The minimum absolute atomic E-state index is 0.0176. The van der Waals surface area contributed by atoms with E-state index in [2.05, 4.69) is 4.98 Å². The van der Waals surface area contributed by atoms with E-state index in [1.54, 1.807) is 13.1 Å². The molecule has 3 aromatic rings. The first-order valence-corrected chi connectivity index (χ1v) is 18.6. The van der Waals surface area contributed by atoms with Gasteiger partial charge in [-0.05, 0) is 63.3 Å². The number of nitrogens with zero attached hydrogens (tertiary/aromatic N) is 2. The van der Waals surface area contributed by atoms with Gasteiger partial charge in [0.1, 0.15) is 22.8 Å². The molecule has 4 rings (SSSR count). The summed E-state index contributed by atoms with van der Waals surface area (Å²) in [6.45, 7) is 4.01. The molecule has 10 heteroatoms. The standard InChI is InChI=1S/C35H48Cl2N2O5S/c1-27-19-20-28-16-15-17-31(35(28)38-27)44-26-29-30(36)21-22-32(34(29)37)45(40,41)39(2)23-12-9-7-5-3-4-6-8-10-13-24-42-33-18-11-14-25-43-33/h15-17,19-22,33H,3-14,18,23-26H2,1-2H3. The molecule has 0 spiro atoms. The first-order chi connectivity index (χ1) is 21.8. The van der Waals surface area contributed by atoms with Crippen molar-refractivity contribution in [1.82, 2.24) is 9.29 Å². The summed E-state index contributed by atoms with van der Waals surface area (Å²) in [5.41, 5.74) is 2.04. The van der Waals surface area contributed by atoms with Crippen LogP contribution in [0.3, 0.4) is 0 Å². The number of unbranched alkanes of at least 4 members (excludes halogenated alkanes) is 9. The molecule has 0 aliphatic carbocycles. The van der Waals surface area contributed by atoms with E-state index in [0.29, 0.717) is 22.9 Å². The van der Waals surface area contributed by atoms with Gasteiger partial charge in [0.05, 0.1) is 5.02 Å². The summed E-state index contributed by atoms with van der Waals surface area (Å²) in [6.07, 6.45) is 14.8. The van der Waals surface area contributed by atoms with Crippen molar-refractivity contribution in [3.8, 4) is 5.75 Å². The average Bonchev–Trinajstić information content (AvgIpc) is 3.03. The number of hydrogen-bond acceptors (Lipinski definition) is 6. The monoisotopic (exact) mass is 678 g/mol. The van der Waals surface area contributed by atoms with Gasteiger partial charge in [0.25, 0.3) is 0 Å². The van der Waals surface area contributed by atoms with Crippen molar-refractivity contribution in [3.63, 3.8) is 0 Å². The maximum Gasteiger partial charge on any atom is 0.244 e. The van der Waals surface area contributed by atoms with Crippen LogP contribution >= 0.6 is 23.2 Å². The lowest BCUT2D eigenvalue weighted by atomic mass is 10.1. The Labute approximate surface area is 279 Å². The molecule has 0 N–H and O–H groups in total. The fourth-order valence-electron chi connectivity index (χ4n) is 5.59. The van der Waals surface area contributed by atoms with E-state index in [0.717, 1.165) is 68.3 Å². The van der Waals surface area contributed by atoms with Crippen molar-refractivity contribution in [1.29, 1.82) is 0 Å². The van der Waals surface area contributed by atoms with Gasteiger partial charge in [0.15, 0.2) is 6.29 Å². The summed E-state index contributed by atoms with van der Waals surface area (Å²) in [4.78, 5) is 4.63. The zero-order valence-corrected chi connectivity index (χ0v) is 29.1. The molecule has 0 bridgehead atoms. The molecular formula is C35H48Cl2N2O5S. The number of benzene rings is 2. The van der Waals surface area contributed by atoms with Crippen molar-refractivity contribution >= 4 is 44.1 Å². The number of aromatic nitrogens is 1. The highest BCUT2D eigenvalue weighted by Crippen LogP contribution is 2.34. The third kappa shape index (κ3) is 10.8. The average molecular weight is 680 g/mol. The molecule has 1 saturated heterocycles. The minimum atomic E-state index is -3.79. The number of pyridine rings is 1. The van der Waals surface area contributed by atoms with E-state index >= 15 is 0 Å². The molecule has 1 atom stereocenters. The molecular weight excluding hydrogens is 631 g/mol. The molecule has 248 valence electrons. The summed E-state index contributed by atoms with van der Waals surface area (Å²) in [6, 6.07) is 12.7. The van der Waals surface area contributed by atoms with E-state index < -0.39 is 10.0 Å². The second-order valence-electron chi connectivity index (χ2n) is 11.9. The fourth-order valence-corrected chi connectivity index (χ4v) is 7.65. The van der Waals surface area contributed by atoms with Crippen LogP contribution < -0.4 is 4.74 Å². The molecule has 2 heterocycles. The van der Waals surface area contributed by atoms with Crippen LogP contribution in [0, 0.1) is 6.92 Å². The van der Waals surface area contributed by atoms with Gasteiger partial charge in [-0.1, -0.05) is 92.8 Å². The van der Waals surface area contributed by atoms with Crippen molar-refractivity contribution in [2.45, 2.75) is 108 Å². The van der Waals surface area contributed by atoms with E-state index in [9.17, 15) is 8.42 Å². The fraction of sp³-hybridized carbons (Fsp3) is 0.571. The number of rotatable bonds is 19. The highest BCUT2D eigenvalue weighted by Gasteiger charge is 2.26. The van der Waals surface area contributed by atoms with Crippen molar-refractivity contribution < 1.29 is 22.6 Å². The molecule has 0 radical (unpaired) electrons. The number of para-hydroxylation sites is 1. The quantitative estimate of drug-likeness (QED) is 0.118. The summed E-state index contributed by atoms with van der Waals surface area (Å²) in [5, 5.41) is 1.39. The Morgan fingerprint density at radius 2 is 1.62 bits per heavy atom. The lowest BCUT2D eigenvalue weighted by molar-refractivity contribution is -0.162. The molecule has 7 nitrogen and oxygen atoms in total. The summed E-state index contributed by atoms with van der Waals surface area (Å²) in [7, 11) is -2.19. The van der Waals surface area contributed by atoms with Gasteiger partial charge in [-0.2, -0.15) is 0 Å². The van der Waals surface area contributed by atoms with Crippen LogP contribution in [0.4, 0.5) is 0 Å². The van der Waals surface area contributed by atoms with Crippen LogP contribution in [0.15, 0.2) is 47.4 Å². The predicted molar refractivity (Wildman–Crippen MR) is 183 cm³/mol. The molecule has 1 fully saturated rings. The normalized spacial score (nSPS) is 15.6. The lowest BCUT2D eigenvalue weighted by Gasteiger charge is -2.22. The van der Waals surface area contributed by atoms with Gasteiger partial charge in [-0.15, -0.1) is 0 Å². The molecule has 1 aliphatic heterocycles. The predicted octanol–water partition coefficient (Wildman–Crippen LogP) is 9.49. The summed E-state index contributed by atoms with van der Waals surface area (Å²) < 4.78 is 45.8. The van der Waals surface area contributed by atoms with Crippen molar-refractivity contribution in [3.05, 3.63) is 63.8 Å². The Balaban J connectivity index is 1.15. The summed E-state index contributed by atoms with van der Waals surface area (Å²) in [5.74, 6) is 0.583. The second-order valence-corrected chi connectivity index (χ2v) is 14.7. The first kappa shape index (κ1) is 35.9. The van der Waals surface area contributed by atoms with Crippen LogP contribution in [-0.2, 0) is 26.1 Å². The molecule has 2 aromatic carbocycles. The number of hydrogen-bond donors (Lipinski definition) is 0. The zero-order chi connectivity index (χ0) is 32.1. The van der Waals surface area contributed by atoms with Gasteiger partial charge < -0.3 is 14.2 Å². The largest absolute Gasteiger partial charge is 0.487 e. The molecule has 1 aliphatic rings. The maximum absolute atomic E-state index is 13.4. The first-order valence-electron chi connectivity index (χ1n) is 16.4. The molecule has 1 unspecified atom stereocenters. The van der Waals surface area contributed by atoms with E-state index in [4.69, 9.17) is 37.4 Å². The van der Waals surface area contributed by atoms with Crippen molar-refractivity contribution in [2.24, 2.45) is 0 Å². The van der Waals surface area contributed by atoms with Crippen LogP contribution in [0.1, 0.15) is 94.7 Å². The number of ether oxygens (including phenoxy) is 3. The number of halogens is 2. The molecule has 0 amide bonds. The summed E-state index contributed by atoms with van der Waals surface area (Å²) >= 11 is 13.1. The maximum atomic E-state index is 13.4. The second kappa shape index (κ2) is 18.4. The minimum Gasteiger partial charge on any atom is -0.487 e. The Kier molecular flexibility index (Phi) is 14.7. The zero-order valence-electron chi connectivity index (χ0n) is 26.7. The van der Waals surface area contributed by atoms with E-state index in [-0.39, 0.29) is 22.8 Å². The number of fused-ring (bicyclic) bond motifs is 1. The van der Waals surface area contributed by atoms with E-state index in [1.807, 2.05) is 37.3 Å². The SMILES string of the molecule is Cc1ccc2cccc(OCc3c(Cl)ccc(S(=O)(=O)N(C)CCCCCCCCCCCCOC4CCCCO4)c3Cl)c2n1. The smallest absolute Gasteiger partial charge is 0.244 e. The van der Waals surface area contributed by atoms with Gasteiger partial charge in [0.2, 0.25) is 10.0 Å². The molecule has 0 saturated carbocycles. The third-order valence-electron chi connectivity index (χ3n) is 8.34. The van der Waals surface area contributed by atoms with Crippen LogP contribution in [0.2, 0.25) is 10.0 Å². The topological polar surface area (TPSA) is 78.0 Å². The van der Waals surface area contributed by atoms with E-state index in [1.165, 1.54) is 55.3 Å². The Hall–Kier alpha value is -1.94. The van der Waals surface area contributed by atoms with Crippen molar-refractivity contribution in [2.75, 3.05) is 26.8 Å². The number of aryl methyl sites for hydroxylation is 1. The highest BCUT2D eigenvalue weighted by molar-refractivity contribution is 7.89. The molecule has 1 aromatic heterocycles. The Morgan fingerprint density at radius 3 is 2.33 bits per heavy atom. The Bertz CT molecular complexity index is 1460. The van der Waals surface area contributed by atoms with Gasteiger partial charge in [-0.25, -0.2) is 17.7 Å². The molecule has 45 heavy (non-hydrogen) atoms. The highest BCUT2D eigenvalue weighted by atomic mass is 35.5. The Morgan fingerprint density at radius 1 is 0.911 bits per heavy atom. The number of sulfonamides is 1. The lowest BCUT2D eigenvalue weighted by Crippen LogP contribution is -2.28.